The Morgan fingerprint density at radius 3 is 2.45 bits per heavy atom. The molecule has 3 nitrogen and oxygen atoms in total. The van der Waals surface area contributed by atoms with Crippen LogP contribution in [0.25, 0.3) is 21.7 Å². The summed E-state index contributed by atoms with van der Waals surface area (Å²) in [7, 11) is 0. The van der Waals surface area contributed by atoms with E-state index in [0.29, 0.717) is 6.54 Å². The fourth-order valence-electron chi connectivity index (χ4n) is 2.44. The van der Waals surface area contributed by atoms with Gasteiger partial charge in [0.15, 0.2) is 5.69 Å². The van der Waals surface area contributed by atoms with E-state index in [-0.39, 0.29) is 0 Å². The molecule has 0 spiro atoms. The Labute approximate surface area is 118 Å². The van der Waals surface area contributed by atoms with Gasteiger partial charge in [0.25, 0.3) is 12.2 Å². The van der Waals surface area contributed by atoms with Crippen molar-refractivity contribution in [3.05, 3.63) is 70.8 Å². The summed E-state index contributed by atoms with van der Waals surface area (Å²) in [5.74, 6) is 0. The van der Waals surface area contributed by atoms with E-state index in [2.05, 4.69) is 70.7 Å². The summed E-state index contributed by atoms with van der Waals surface area (Å²) in [5, 5.41) is 0. The molecule has 0 aliphatic carbocycles. The summed E-state index contributed by atoms with van der Waals surface area (Å²) in [4.78, 5) is 7.00. The highest BCUT2D eigenvalue weighted by molar-refractivity contribution is 5.63. The van der Waals surface area contributed by atoms with E-state index in [9.17, 15) is 0 Å². The van der Waals surface area contributed by atoms with E-state index >= 15 is 0 Å². The Morgan fingerprint density at radius 1 is 1.05 bits per heavy atom. The predicted molar refractivity (Wildman–Crippen MR) is 79.2 cm³/mol. The molecule has 0 atom stereocenters. The maximum Gasteiger partial charge on any atom is 0.284 e. The Morgan fingerprint density at radius 2 is 1.75 bits per heavy atom. The first kappa shape index (κ1) is 12.4. The van der Waals surface area contributed by atoms with Crippen LogP contribution in [0.5, 0.6) is 0 Å². The summed E-state index contributed by atoms with van der Waals surface area (Å²) in [5.41, 5.74) is 6.61. The van der Waals surface area contributed by atoms with Crippen LogP contribution in [-0.4, -0.2) is 4.98 Å². The molecule has 0 saturated heterocycles. The van der Waals surface area contributed by atoms with Crippen LogP contribution in [0.15, 0.2) is 42.6 Å². The number of aromatic amines is 1. The minimum absolute atomic E-state index is 0.372. The molecule has 0 amide bonds. The zero-order valence-corrected chi connectivity index (χ0v) is 11.6. The first-order chi connectivity index (χ1) is 9.69. The molecule has 2 heterocycles. The molecule has 0 unspecified atom stereocenters. The zero-order valence-electron chi connectivity index (χ0n) is 11.6. The second-order valence-electron chi connectivity index (χ2n) is 5.09. The van der Waals surface area contributed by atoms with Gasteiger partial charge >= 0.3 is 0 Å². The third kappa shape index (κ3) is 2.06. The lowest BCUT2D eigenvalue weighted by Crippen LogP contribution is -2.24. The van der Waals surface area contributed by atoms with Gasteiger partial charge in [0.1, 0.15) is 0 Å². The maximum absolute atomic E-state index is 7.20. The van der Waals surface area contributed by atoms with Crippen molar-refractivity contribution >= 4 is 5.65 Å². The lowest BCUT2D eigenvalue weighted by molar-refractivity contribution is -0.519. The molecule has 0 saturated carbocycles. The molecule has 20 heavy (non-hydrogen) atoms. The number of H-pyrrole nitrogens is 1. The van der Waals surface area contributed by atoms with Crippen LogP contribution in [0.1, 0.15) is 16.8 Å². The zero-order chi connectivity index (χ0) is 14.1. The summed E-state index contributed by atoms with van der Waals surface area (Å²) < 4.78 is 2.09. The number of nitrogens with one attached hydrogen (secondary N) is 1. The van der Waals surface area contributed by atoms with Gasteiger partial charge in [-0.25, -0.2) is 11.6 Å². The third-order valence-corrected chi connectivity index (χ3v) is 3.50. The molecule has 0 fully saturated rings. The predicted octanol–water partition coefficient (Wildman–Crippen LogP) is 3.46. The monoisotopic (exact) mass is 262 g/mol. The van der Waals surface area contributed by atoms with Crippen LogP contribution < -0.4 is 4.40 Å². The smallest absolute Gasteiger partial charge is 0.284 e. The molecule has 1 N–H and O–H groups in total. The van der Waals surface area contributed by atoms with Gasteiger partial charge in [-0.1, -0.05) is 29.8 Å². The van der Waals surface area contributed by atoms with Crippen LogP contribution in [0.4, 0.5) is 0 Å². The van der Waals surface area contributed by atoms with Gasteiger partial charge in [-0.15, -0.1) is 0 Å². The second-order valence-corrected chi connectivity index (χ2v) is 5.09. The number of hydrogen-bond acceptors (Lipinski definition) is 0. The quantitative estimate of drug-likeness (QED) is 0.540. The summed E-state index contributed by atoms with van der Waals surface area (Å²) >= 11 is 0. The Balaban J connectivity index is 2.26. The molecular formula is C17H16N3+. The molecule has 2 aromatic heterocycles. The van der Waals surface area contributed by atoms with Crippen LogP contribution in [0, 0.1) is 20.4 Å². The van der Waals surface area contributed by atoms with Crippen molar-refractivity contribution in [1.29, 1.82) is 0 Å². The van der Waals surface area contributed by atoms with Crippen molar-refractivity contribution in [3.8, 4) is 11.3 Å². The van der Waals surface area contributed by atoms with Gasteiger partial charge < -0.3 is 4.85 Å². The number of benzene rings is 1. The van der Waals surface area contributed by atoms with Crippen molar-refractivity contribution in [3.63, 3.8) is 0 Å². The standard InChI is InChI=1S/C17H15N3/c1-12-4-7-14(8-5-12)17-15(10-18-3)20-11-13(2)6-9-16(20)19-17/h4-9,11H,10H2,1-2H3/p+1. The van der Waals surface area contributed by atoms with E-state index in [0.717, 1.165) is 22.6 Å². The number of nitrogens with zero attached hydrogens (tertiary/aromatic N) is 2. The molecule has 0 aliphatic rings. The van der Waals surface area contributed by atoms with Crippen LogP contribution >= 0.6 is 0 Å². The topological polar surface area (TPSA) is 24.2 Å². The van der Waals surface area contributed by atoms with E-state index in [1.54, 1.807) is 0 Å². The number of fused-ring (bicyclic) bond motifs is 1. The van der Waals surface area contributed by atoms with Crippen LogP contribution in [-0.2, 0) is 6.54 Å². The molecule has 0 radical (unpaired) electrons. The minimum Gasteiger partial charge on any atom is -0.308 e. The summed E-state index contributed by atoms with van der Waals surface area (Å²) in [6.45, 7) is 11.7. The van der Waals surface area contributed by atoms with Gasteiger partial charge in [0.2, 0.25) is 5.69 Å². The van der Waals surface area contributed by atoms with Gasteiger partial charge in [-0.05, 0) is 25.5 Å². The van der Waals surface area contributed by atoms with Gasteiger partial charge in [0, 0.05) is 11.6 Å². The molecule has 3 aromatic rings. The molecule has 1 aromatic carbocycles. The lowest BCUT2D eigenvalue weighted by Gasteiger charge is -1.96. The minimum atomic E-state index is 0.372. The first-order valence-electron chi connectivity index (χ1n) is 6.62. The lowest BCUT2D eigenvalue weighted by atomic mass is 10.1. The van der Waals surface area contributed by atoms with Gasteiger partial charge in [0.05, 0.1) is 6.20 Å². The highest BCUT2D eigenvalue weighted by atomic mass is 15.0. The fourth-order valence-corrected chi connectivity index (χ4v) is 2.44. The largest absolute Gasteiger partial charge is 0.308 e. The van der Waals surface area contributed by atoms with Crippen molar-refractivity contribution in [2.24, 2.45) is 0 Å². The number of hydrogen-bond donors (Lipinski definition) is 1. The molecule has 3 rings (SSSR count). The highest BCUT2D eigenvalue weighted by Gasteiger charge is 2.22. The van der Waals surface area contributed by atoms with Gasteiger partial charge in [-0.3, -0.25) is 0 Å². The average Bonchev–Trinajstić information content (AvgIpc) is 2.79. The van der Waals surface area contributed by atoms with E-state index < -0.39 is 0 Å². The summed E-state index contributed by atoms with van der Waals surface area (Å²) in [6, 6.07) is 12.5. The Kier molecular flexibility index (Phi) is 3.00. The number of imidazole rings is 1. The summed E-state index contributed by atoms with van der Waals surface area (Å²) in [6.07, 6.45) is 2.07. The number of pyridine rings is 1. The van der Waals surface area contributed by atoms with Gasteiger partial charge in [-0.2, -0.15) is 4.40 Å². The van der Waals surface area contributed by atoms with Crippen molar-refractivity contribution < 1.29 is 4.40 Å². The Hall–Kier alpha value is -2.60. The van der Waals surface area contributed by atoms with Crippen molar-refractivity contribution in [2.75, 3.05) is 0 Å². The molecule has 0 aliphatic heterocycles. The average molecular weight is 262 g/mol. The third-order valence-electron chi connectivity index (χ3n) is 3.50. The first-order valence-corrected chi connectivity index (χ1v) is 6.62. The highest BCUT2D eigenvalue weighted by Crippen LogP contribution is 2.22. The van der Waals surface area contributed by atoms with E-state index in [1.165, 1.54) is 11.1 Å². The van der Waals surface area contributed by atoms with Crippen LogP contribution in [0.2, 0.25) is 0 Å². The number of rotatable bonds is 2. The second kappa shape index (κ2) is 4.82. The molecule has 98 valence electrons. The SMILES string of the molecule is [C-]#[N+]Cc1c(-c2ccc(C)cc2)[nH]c2ccc(C)c[n+]12. The molecular weight excluding hydrogens is 246 g/mol. The normalized spacial score (nSPS) is 10.7. The Bertz CT molecular complexity index is 805. The van der Waals surface area contributed by atoms with Crippen molar-refractivity contribution in [1.82, 2.24) is 4.98 Å². The molecule has 3 heteroatoms. The maximum atomic E-state index is 7.20. The van der Waals surface area contributed by atoms with E-state index in [1.807, 2.05) is 0 Å². The van der Waals surface area contributed by atoms with Crippen LogP contribution in [0.3, 0.4) is 0 Å². The molecule has 0 bridgehead atoms. The number of aryl methyl sites for hydroxylation is 2. The number of aromatic nitrogens is 2. The fraction of sp³-hybridized carbons (Fsp3) is 0.176. The van der Waals surface area contributed by atoms with E-state index in [4.69, 9.17) is 6.57 Å². The van der Waals surface area contributed by atoms with Crippen molar-refractivity contribution in [2.45, 2.75) is 20.4 Å².